The largest absolute Gasteiger partial charge is 0.490 e. The van der Waals surface area contributed by atoms with Crippen molar-refractivity contribution in [3.05, 3.63) is 27.6 Å². The Morgan fingerprint density at radius 1 is 1.27 bits per heavy atom. The van der Waals surface area contributed by atoms with Crippen LogP contribution >= 0.6 is 23.4 Å². The van der Waals surface area contributed by atoms with Gasteiger partial charge in [-0.05, 0) is 56.3 Å². The third-order valence-electron chi connectivity index (χ3n) is 3.50. The Morgan fingerprint density at radius 3 is 2.57 bits per heavy atom. The number of benzene rings is 1. The van der Waals surface area contributed by atoms with Crippen LogP contribution in [-0.2, 0) is 19.1 Å². The number of esters is 1. The molecule has 2 rings (SSSR count). The average molecular weight is 458 g/mol. The van der Waals surface area contributed by atoms with Crippen LogP contribution in [-0.4, -0.2) is 59.0 Å². The Bertz CT molecular complexity index is 899. The fraction of sp³-hybridized carbons (Fsp3) is 0.368. The van der Waals surface area contributed by atoms with Crippen LogP contribution < -0.4 is 9.47 Å². The highest BCUT2D eigenvalue weighted by molar-refractivity contribution is 8.18. The molecule has 162 valence electrons. The lowest BCUT2D eigenvalue weighted by Gasteiger charge is -2.14. The van der Waals surface area contributed by atoms with E-state index in [-0.39, 0.29) is 34.1 Å². The number of ether oxygens (including phenoxy) is 3. The van der Waals surface area contributed by atoms with Gasteiger partial charge in [-0.3, -0.25) is 19.3 Å². The molecule has 0 aromatic heterocycles. The molecule has 1 aliphatic heterocycles. The molecule has 1 saturated heterocycles. The van der Waals surface area contributed by atoms with E-state index >= 15 is 0 Å². The maximum atomic E-state index is 12.5. The molecule has 0 bridgehead atoms. The zero-order valence-electron chi connectivity index (χ0n) is 16.5. The number of hydrogen-bond donors (Lipinski definition) is 1. The second-order valence-electron chi connectivity index (χ2n) is 6.25. The number of thioether (sulfide) groups is 1. The van der Waals surface area contributed by atoms with Crippen LogP contribution in [0.2, 0.25) is 5.02 Å². The summed E-state index contributed by atoms with van der Waals surface area (Å²) in [6.45, 7) is 4.22. The third-order valence-corrected chi connectivity index (χ3v) is 4.69. The van der Waals surface area contributed by atoms with E-state index in [1.807, 2.05) is 0 Å². The van der Waals surface area contributed by atoms with Gasteiger partial charge >= 0.3 is 11.9 Å². The minimum absolute atomic E-state index is 0.0580. The van der Waals surface area contributed by atoms with Crippen molar-refractivity contribution < 1.29 is 38.5 Å². The normalized spacial score (nSPS) is 15.1. The Labute approximate surface area is 181 Å². The van der Waals surface area contributed by atoms with E-state index in [1.54, 1.807) is 20.8 Å². The van der Waals surface area contributed by atoms with Crippen molar-refractivity contribution in [2.75, 3.05) is 19.8 Å². The van der Waals surface area contributed by atoms with Gasteiger partial charge in [0, 0.05) is 0 Å². The van der Waals surface area contributed by atoms with Gasteiger partial charge in [0.2, 0.25) is 0 Å². The number of imide groups is 1. The van der Waals surface area contributed by atoms with Gasteiger partial charge in [0.15, 0.2) is 18.1 Å². The predicted molar refractivity (Wildman–Crippen MR) is 110 cm³/mol. The highest BCUT2D eigenvalue weighted by atomic mass is 35.5. The fourth-order valence-electron chi connectivity index (χ4n) is 2.43. The summed E-state index contributed by atoms with van der Waals surface area (Å²) in [5.41, 5.74) is 0.432. The van der Waals surface area contributed by atoms with Gasteiger partial charge in [-0.2, -0.15) is 0 Å². The number of carbonyl (C=O) groups is 4. The molecule has 0 atom stereocenters. The summed E-state index contributed by atoms with van der Waals surface area (Å²) in [4.78, 5) is 48.1. The van der Waals surface area contributed by atoms with Crippen LogP contribution in [0.5, 0.6) is 11.5 Å². The average Bonchev–Trinajstić information content (AvgIpc) is 2.88. The van der Waals surface area contributed by atoms with Gasteiger partial charge in [-0.1, -0.05) is 11.6 Å². The first kappa shape index (κ1) is 23.6. The molecule has 9 nitrogen and oxygen atoms in total. The van der Waals surface area contributed by atoms with Gasteiger partial charge in [0.25, 0.3) is 11.1 Å². The molecule has 11 heteroatoms. The molecule has 0 spiro atoms. The molecule has 0 saturated carbocycles. The Morgan fingerprint density at radius 2 is 1.97 bits per heavy atom. The molecule has 1 N–H and O–H groups in total. The van der Waals surface area contributed by atoms with Gasteiger partial charge in [0.1, 0.15) is 6.54 Å². The molecule has 1 aromatic carbocycles. The molecule has 1 aliphatic rings. The van der Waals surface area contributed by atoms with Crippen LogP contribution in [0.1, 0.15) is 26.3 Å². The topological polar surface area (TPSA) is 119 Å². The van der Waals surface area contributed by atoms with Gasteiger partial charge < -0.3 is 19.3 Å². The quantitative estimate of drug-likeness (QED) is 0.440. The minimum Gasteiger partial charge on any atom is -0.490 e. The van der Waals surface area contributed by atoms with Gasteiger partial charge in [-0.15, -0.1) is 0 Å². The first-order valence-electron chi connectivity index (χ1n) is 8.88. The SMILES string of the molecule is CCOc1cc(/C=C2/SC(=O)N(CC(=O)OC(C)C)C2=O)cc(Cl)c1OCC(=O)O. The molecule has 2 amide bonds. The third kappa shape index (κ3) is 6.14. The van der Waals surface area contributed by atoms with Gasteiger partial charge in [-0.25, -0.2) is 4.79 Å². The van der Waals surface area contributed by atoms with E-state index in [9.17, 15) is 19.2 Å². The number of aliphatic carboxylic acids is 1. The van der Waals surface area contributed by atoms with Crippen molar-refractivity contribution in [1.82, 2.24) is 4.90 Å². The van der Waals surface area contributed by atoms with Crippen molar-refractivity contribution >= 4 is 52.5 Å². The van der Waals surface area contributed by atoms with Crippen molar-refractivity contribution in [3.8, 4) is 11.5 Å². The van der Waals surface area contributed by atoms with Crippen molar-refractivity contribution in [1.29, 1.82) is 0 Å². The fourth-order valence-corrected chi connectivity index (χ4v) is 3.54. The second-order valence-corrected chi connectivity index (χ2v) is 7.65. The lowest BCUT2D eigenvalue weighted by atomic mass is 10.1. The van der Waals surface area contributed by atoms with Crippen LogP contribution in [0.4, 0.5) is 4.79 Å². The molecular formula is C19H20ClNO8S. The van der Waals surface area contributed by atoms with Crippen LogP contribution in [0.25, 0.3) is 6.08 Å². The Hall–Kier alpha value is -2.72. The summed E-state index contributed by atoms with van der Waals surface area (Å²) in [6.07, 6.45) is 1.06. The van der Waals surface area contributed by atoms with Crippen molar-refractivity contribution in [2.45, 2.75) is 26.9 Å². The summed E-state index contributed by atoms with van der Waals surface area (Å²) in [7, 11) is 0. The number of amides is 2. The number of carboxylic acids is 1. The summed E-state index contributed by atoms with van der Waals surface area (Å²) in [5, 5.41) is 8.28. The monoisotopic (exact) mass is 457 g/mol. The number of nitrogens with zero attached hydrogens (tertiary/aromatic N) is 1. The maximum absolute atomic E-state index is 12.5. The summed E-state index contributed by atoms with van der Waals surface area (Å²) < 4.78 is 15.6. The summed E-state index contributed by atoms with van der Waals surface area (Å²) in [6, 6.07) is 2.95. The van der Waals surface area contributed by atoms with E-state index < -0.39 is 36.2 Å². The number of carboxylic acid groups (broad SMARTS) is 1. The Kier molecular flexibility index (Phi) is 8.13. The molecule has 1 aromatic rings. The molecule has 0 aliphatic carbocycles. The predicted octanol–water partition coefficient (Wildman–Crippen LogP) is 3.19. The molecule has 1 fully saturated rings. The number of rotatable bonds is 9. The standard InChI is InChI=1S/C19H20ClNO8S/c1-4-27-13-6-11(5-12(20)17(13)28-9-15(22)23)7-14-18(25)21(19(26)30-14)8-16(24)29-10(2)3/h5-7,10H,4,8-9H2,1-3H3,(H,22,23)/b14-7+. The zero-order chi connectivity index (χ0) is 22.4. The maximum Gasteiger partial charge on any atom is 0.341 e. The second kappa shape index (κ2) is 10.4. The van der Waals surface area contributed by atoms with Crippen LogP contribution in [0.15, 0.2) is 17.0 Å². The molecule has 0 unspecified atom stereocenters. The first-order valence-corrected chi connectivity index (χ1v) is 10.1. The lowest BCUT2D eigenvalue weighted by Crippen LogP contribution is -2.35. The highest BCUT2D eigenvalue weighted by Crippen LogP contribution is 2.39. The van der Waals surface area contributed by atoms with Crippen molar-refractivity contribution in [2.24, 2.45) is 0 Å². The lowest BCUT2D eigenvalue weighted by molar-refractivity contribution is -0.149. The number of halogens is 1. The summed E-state index contributed by atoms with van der Waals surface area (Å²) in [5.74, 6) is -2.25. The minimum atomic E-state index is -1.18. The highest BCUT2D eigenvalue weighted by Gasteiger charge is 2.36. The zero-order valence-corrected chi connectivity index (χ0v) is 18.0. The van der Waals surface area contributed by atoms with Gasteiger partial charge in [0.05, 0.1) is 22.6 Å². The van der Waals surface area contributed by atoms with Crippen LogP contribution in [0, 0.1) is 0 Å². The van der Waals surface area contributed by atoms with E-state index in [0.29, 0.717) is 17.3 Å². The van der Waals surface area contributed by atoms with E-state index in [1.165, 1.54) is 18.2 Å². The number of hydrogen-bond acceptors (Lipinski definition) is 8. The van der Waals surface area contributed by atoms with E-state index in [2.05, 4.69) is 0 Å². The van der Waals surface area contributed by atoms with Crippen LogP contribution in [0.3, 0.4) is 0 Å². The van der Waals surface area contributed by atoms with E-state index in [4.69, 9.17) is 30.9 Å². The first-order chi connectivity index (χ1) is 14.1. The molecule has 0 radical (unpaired) electrons. The van der Waals surface area contributed by atoms with Crippen molar-refractivity contribution in [3.63, 3.8) is 0 Å². The Balaban J connectivity index is 2.27. The molecule has 1 heterocycles. The number of carbonyl (C=O) groups excluding carboxylic acids is 3. The van der Waals surface area contributed by atoms with E-state index in [0.717, 1.165) is 4.90 Å². The molecular weight excluding hydrogens is 438 g/mol. The molecule has 30 heavy (non-hydrogen) atoms. The smallest absolute Gasteiger partial charge is 0.341 e. The summed E-state index contributed by atoms with van der Waals surface area (Å²) >= 11 is 6.87.